The Hall–Kier alpha value is -2.29. The first kappa shape index (κ1) is 18.1. The predicted octanol–water partition coefficient (Wildman–Crippen LogP) is 4.65. The van der Waals surface area contributed by atoms with E-state index in [1.807, 2.05) is 45.0 Å². The Bertz CT molecular complexity index is 691. The van der Waals surface area contributed by atoms with Crippen molar-refractivity contribution in [1.82, 2.24) is 5.32 Å². The molecule has 0 aliphatic rings. The van der Waals surface area contributed by atoms with E-state index >= 15 is 0 Å². The lowest BCUT2D eigenvalue weighted by molar-refractivity contribution is -0.128. The lowest BCUT2D eigenvalue weighted by atomic mass is 10.00. The monoisotopic (exact) mass is 325 g/mol. The van der Waals surface area contributed by atoms with Gasteiger partial charge < -0.3 is 10.1 Å². The third-order valence-electron chi connectivity index (χ3n) is 4.22. The molecule has 2 atom stereocenters. The van der Waals surface area contributed by atoms with E-state index in [9.17, 15) is 4.79 Å². The second-order valence-corrected chi connectivity index (χ2v) is 6.42. The molecule has 0 radical (unpaired) electrons. The molecule has 0 fully saturated rings. The summed E-state index contributed by atoms with van der Waals surface area (Å²) in [6.07, 6.45) is 0.138. The third kappa shape index (κ3) is 4.60. The molecule has 0 bridgehead atoms. The number of amides is 1. The van der Waals surface area contributed by atoms with E-state index in [0.29, 0.717) is 6.42 Å². The van der Waals surface area contributed by atoms with Gasteiger partial charge in [-0.1, -0.05) is 48.4 Å². The minimum atomic E-state index is -0.486. The van der Waals surface area contributed by atoms with Crippen LogP contribution in [0.15, 0.2) is 42.5 Å². The Morgan fingerprint density at radius 2 is 1.67 bits per heavy atom. The van der Waals surface area contributed by atoms with E-state index in [1.54, 1.807) is 0 Å². The highest BCUT2D eigenvalue weighted by atomic mass is 16.5. The van der Waals surface area contributed by atoms with Crippen molar-refractivity contribution < 1.29 is 9.53 Å². The molecule has 0 aliphatic heterocycles. The molecule has 2 aromatic carbocycles. The van der Waals surface area contributed by atoms with Gasteiger partial charge in [0.2, 0.25) is 0 Å². The molecule has 128 valence electrons. The fraction of sp³-hybridized carbons (Fsp3) is 0.381. The topological polar surface area (TPSA) is 38.3 Å². The van der Waals surface area contributed by atoms with Gasteiger partial charge in [-0.05, 0) is 57.4 Å². The van der Waals surface area contributed by atoms with E-state index in [2.05, 4.69) is 37.4 Å². The average Bonchev–Trinajstić information content (AvgIpc) is 2.56. The zero-order chi connectivity index (χ0) is 17.7. The molecule has 0 saturated carbocycles. The highest BCUT2D eigenvalue weighted by Crippen LogP contribution is 2.20. The summed E-state index contributed by atoms with van der Waals surface area (Å²) < 4.78 is 5.86. The number of hydrogen-bond acceptors (Lipinski definition) is 2. The molecule has 2 aromatic rings. The van der Waals surface area contributed by atoms with Gasteiger partial charge in [0, 0.05) is 0 Å². The van der Waals surface area contributed by atoms with E-state index < -0.39 is 6.10 Å². The molecule has 1 N–H and O–H groups in total. The van der Waals surface area contributed by atoms with Crippen molar-refractivity contribution in [2.75, 3.05) is 0 Å². The molecule has 2 rings (SSSR count). The lowest BCUT2D eigenvalue weighted by Crippen LogP contribution is -2.39. The number of aryl methyl sites for hydroxylation is 3. The second kappa shape index (κ2) is 8.00. The summed E-state index contributed by atoms with van der Waals surface area (Å²) in [6.45, 7) is 10.1. The van der Waals surface area contributed by atoms with Crippen LogP contribution in [0.4, 0.5) is 0 Å². The molecule has 0 heterocycles. The Morgan fingerprint density at radius 1 is 1.04 bits per heavy atom. The zero-order valence-electron chi connectivity index (χ0n) is 15.2. The summed E-state index contributed by atoms with van der Waals surface area (Å²) in [5, 5.41) is 3.08. The molecule has 0 aromatic heterocycles. The molecule has 3 nitrogen and oxygen atoms in total. The standard InChI is InChI=1S/C21H27NO2/c1-6-20(24-18-11-8-14(2)9-12-18)21(23)22-17(5)19-13-15(3)7-10-16(19)4/h7-13,17,20H,6H2,1-5H3,(H,22,23)/t17-,20-/m0/s1. The molecule has 0 aliphatic carbocycles. The summed E-state index contributed by atoms with van der Waals surface area (Å²) >= 11 is 0. The second-order valence-electron chi connectivity index (χ2n) is 6.42. The van der Waals surface area contributed by atoms with Crippen LogP contribution in [0, 0.1) is 20.8 Å². The lowest BCUT2D eigenvalue weighted by Gasteiger charge is -2.22. The highest BCUT2D eigenvalue weighted by molar-refractivity contribution is 5.81. The van der Waals surface area contributed by atoms with Crippen LogP contribution in [0.5, 0.6) is 5.75 Å². The Kier molecular flexibility index (Phi) is 6.02. The predicted molar refractivity (Wildman–Crippen MR) is 98.4 cm³/mol. The number of rotatable bonds is 6. The van der Waals surface area contributed by atoms with Gasteiger partial charge in [0.05, 0.1) is 6.04 Å². The summed E-state index contributed by atoms with van der Waals surface area (Å²) in [5.41, 5.74) is 4.69. The summed E-state index contributed by atoms with van der Waals surface area (Å²) in [6, 6.07) is 14.0. The number of benzene rings is 2. The number of hydrogen-bond donors (Lipinski definition) is 1. The summed E-state index contributed by atoms with van der Waals surface area (Å²) in [5.74, 6) is 0.647. The van der Waals surface area contributed by atoms with Gasteiger partial charge in [-0.3, -0.25) is 4.79 Å². The van der Waals surface area contributed by atoms with E-state index in [4.69, 9.17) is 4.74 Å². The van der Waals surface area contributed by atoms with Gasteiger partial charge in [-0.2, -0.15) is 0 Å². The van der Waals surface area contributed by atoms with Crippen LogP contribution in [-0.2, 0) is 4.79 Å². The molecule has 24 heavy (non-hydrogen) atoms. The minimum absolute atomic E-state index is 0.0481. The SMILES string of the molecule is CC[C@H](Oc1ccc(C)cc1)C(=O)N[C@@H](C)c1cc(C)ccc1C. The van der Waals surface area contributed by atoms with E-state index in [1.165, 1.54) is 16.7 Å². The number of nitrogens with one attached hydrogen (secondary N) is 1. The quantitative estimate of drug-likeness (QED) is 0.840. The van der Waals surface area contributed by atoms with Crippen LogP contribution < -0.4 is 10.1 Å². The van der Waals surface area contributed by atoms with Crippen molar-refractivity contribution in [2.24, 2.45) is 0 Å². The van der Waals surface area contributed by atoms with Crippen molar-refractivity contribution >= 4 is 5.91 Å². The molecule has 1 amide bonds. The Labute approximate surface area is 145 Å². The first-order valence-electron chi connectivity index (χ1n) is 8.51. The van der Waals surface area contributed by atoms with Crippen molar-refractivity contribution in [3.63, 3.8) is 0 Å². The van der Waals surface area contributed by atoms with Crippen molar-refractivity contribution in [1.29, 1.82) is 0 Å². The maximum atomic E-state index is 12.6. The Morgan fingerprint density at radius 3 is 2.29 bits per heavy atom. The first-order chi connectivity index (χ1) is 11.4. The number of ether oxygens (including phenoxy) is 1. The van der Waals surface area contributed by atoms with Gasteiger partial charge in [0.1, 0.15) is 5.75 Å². The van der Waals surface area contributed by atoms with Gasteiger partial charge in [0.25, 0.3) is 5.91 Å². The molecular weight excluding hydrogens is 298 g/mol. The van der Waals surface area contributed by atoms with Crippen molar-refractivity contribution in [2.45, 2.75) is 53.2 Å². The number of carbonyl (C=O) groups is 1. The number of carbonyl (C=O) groups excluding carboxylic acids is 1. The molecule has 0 spiro atoms. The molecule has 0 saturated heterocycles. The van der Waals surface area contributed by atoms with Gasteiger partial charge >= 0.3 is 0 Å². The van der Waals surface area contributed by atoms with Crippen LogP contribution in [-0.4, -0.2) is 12.0 Å². The van der Waals surface area contributed by atoms with Crippen LogP contribution in [0.3, 0.4) is 0 Å². The van der Waals surface area contributed by atoms with E-state index in [-0.39, 0.29) is 11.9 Å². The average molecular weight is 325 g/mol. The molecule has 0 unspecified atom stereocenters. The highest BCUT2D eigenvalue weighted by Gasteiger charge is 2.21. The van der Waals surface area contributed by atoms with Crippen LogP contribution >= 0.6 is 0 Å². The van der Waals surface area contributed by atoms with Gasteiger partial charge in [-0.25, -0.2) is 0 Å². The van der Waals surface area contributed by atoms with Crippen molar-refractivity contribution in [3.8, 4) is 5.75 Å². The normalized spacial score (nSPS) is 13.2. The first-order valence-corrected chi connectivity index (χ1v) is 8.51. The zero-order valence-corrected chi connectivity index (χ0v) is 15.2. The Balaban J connectivity index is 2.05. The minimum Gasteiger partial charge on any atom is -0.481 e. The fourth-order valence-electron chi connectivity index (χ4n) is 2.71. The van der Waals surface area contributed by atoms with Gasteiger partial charge in [0.15, 0.2) is 6.10 Å². The van der Waals surface area contributed by atoms with Gasteiger partial charge in [-0.15, -0.1) is 0 Å². The van der Waals surface area contributed by atoms with Crippen molar-refractivity contribution in [3.05, 3.63) is 64.7 Å². The molecular formula is C21H27NO2. The third-order valence-corrected chi connectivity index (χ3v) is 4.22. The molecule has 3 heteroatoms. The maximum absolute atomic E-state index is 12.6. The smallest absolute Gasteiger partial charge is 0.261 e. The van der Waals surface area contributed by atoms with E-state index in [0.717, 1.165) is 11.3 Å². The maximum Gasteiger partial charge on any atom is 0.261 e. The summed E-state index contributed by atoms with van der Waals surface area (Å²) in [4.78, 5) is 12.6. The van der Waals surface area contributed by atoms with Crippen LogP contribution in [0.2, 0.25) is 0 Å². The fourth-order valence-corrected chi connectivity index (χ4v) is 2.71. The van der Waals surface area contributed by atoms with Crippen LogP contribution in [0.25, 0.3) is 0 Å². The largest absolute Gasteiger partial charge is 0.481 e. The van der Waals surface area contributed by atoms with Crippen LogP contribution in [0.1, 0.15) is 48.6 Å². The summed E-state index contributed by atoms with van der Waals surface area (Å²) in [7, 11) is 0.